The second-order valence-corrected chi connectivity index (χ2v) is 9.27. The quantitative estimate of drug-likeness (QED) is 0.253. The molecule has 11 nitrogen and oxygen atoms in total. The molecule has 196 valence electrons. The van der Waals surface area contributed by atoms with Gasteiger partial charge >= 0.3 is 17.2 Å². The molecular formula is C25H27N3O8S. The van der Waals surface area contributed by atoms with Crippen LogP contribution in [0.5, 0.6) is 0 Å². The molecule has 0 saturated carbocycles. The van der Waals surface area contributed by atoms with Gasteiger partial charge in [-0.05, 0) is 40.4 Å². The van der Waals surface area contributed by atoms with E-state index in [1.807, 2.05) is 48.5 Å². The van der Waals surface area contributed by atoms with Crippen molar-refractivity contribution in [2.75, 3.05) is 18.9 Å². The van der Waals surface area contributed by atoms with E-state index in [0.717, 1.165) is 22.3 Å². The molecule has 0 bridgehead atoms. The van der Waals surface area contributed by atoms with Crippen molar-refractivity contribution in [2.45, 2.75) is 30.8 Å². The number of aliphatic carboxylic acids is 2. The summed E-state index contributed by atoms with van der Waals surface area (Å²) in [5.41, 5.74) is 9.62. The Balaban J connectivity index is 1.58. The summed E-state index contributed by atoms with van der Waals surface area (Å²) in [6.45, 7) is -0.597. The van der Waals surface area contributed by atoms with Crippen molar-refractivity contribution in [2.24, 2.45) is 5.73 Å². The van der Waals surface area contributed by atoms with Crippen molar-refractivity contribution in [3.8, 4) is 11.1 Å². The number of rotatable bonds is 12. The first kappa shape index (κ1) is 27.7. The molecule has 2 aromatic rings. The lowest BCUT2D eigenvalue weighted by atomic mass is 9.98. The second-order valence-electron chi connectivity index (χ2n) is 8.31. The van der Waals surface area contributed by atoms with Gasteiger partial charge in [-0.25, -0.2) is 4.79 Å². The van der Waals surface area contributed by atoms with Gasteiger partial charge in [-0.15, -0.1) is 0 Å². The van der Waals surface area contributed by atoms with Crippen LogP contribution in [0.15, 0.2) is 48.5 Å². The van der Waals surface area contributed by atoms with Crippen LogP contribution in [0.1, 0.15) is 29.9 Å². The average Bonchev–Trinajstić information content (AvgIpc) is 3.20. The predicted octanol–water partition coefficient (Wildman–Crippen LogP) is 1.55. The van der Waals surface area contributed by atoms with Gasteiger partial charge < -0.3 is 31.3 Å². The first-order valence-electron chi connectivity index (χ1n) is 11.4. The topological polar surface area (TPSA) is 185 Å². The normalized spacial score (nSPS) is 13.5. The monoisotopic (exact) mass is 529 g/mol. The number of fused-ring (bicyclic) bond motifs is 3. The summed E-state index contributed by atoms with van der Waals surface area (Å²) in [6.07, 6.45) is -0.435. The Labute approximate surface area is 216 Å². The second kappa shape index (κ2) is 12.9. The number of hydrogen-bond acceptors (Lipinski definition) is 8. The van der Waals surface area contributed by atoms with Gasteiger partial charge in [0.25, 0.3) is 0 Å². The van der Waals surface area contributed by atoms with E-state index >= 15 is 0 Å². The molecule has 37 heavy (non-hydrogen) atoms. The summed E-state index contributed by atoms with van der Waals surface area (Å²) < 4.78 is 5.48. The van der Waals surface area contributed by atoms with Gasteiger partial charge in [-0.3, -0.25) is 19.2 Å². The Hall–Kier alpha value is -3.90. The number of carboxylic acids is 2. The number of thioether (sulfide) groups is 1. The Morgan fingerprint density at radius 2 is 1.57 bits per heavy atom. The first-order valence-corrected chi connectivity index (χ1v) is 12.4. The molecule has 0 fully saturated rings. The fourth-order valence-electron chi connectivity index (χ4n) is 3.93. The van der Waals surface area contributed by atoms with E-state index in [1.54, 1.807) is 0 Å². The molecule has 2 aromatic carbocycles. The highest BCUT2D eigenvalue weighted by atomic mass is 32.2. The van der Waals surface area contributed by atoms with Crippen LogP contribution in [-0.2, 0) is 23.9 Å². The first-order chi connectivity index (χ1) is 17.7. The van der Waals surface area contributed by atoms with Crippen LogP contribution in [-0.4, -0.2) is 70.3 Å². The number of ether oxygens (including phenoxy) is 1. The number of carboxylic acid groups (broad SMARTS) is 2. The van der Waals surface area contributed by atoms with Gasteiger partial charge in [0, 0.05) is 18.1 Å². The molecular weight excluding hydrogens is 502 g/mol. The standard InChI is InChI=1S/C25H27N3O8S/c26-19(24(33)34)9-10-21(29)28-20(23(32)27-11-22(30)31)13-37-25(35)36-12-18-16-7-3-1-5-14(16)15-6-2-4-8-17(15)18/h1-8,18-20H,9-13,26H2,(H,27,32)(H,28,29)(H,30,31)(H,33,34)/t19-,20-/m0/s1. The van der Waals surface area contributed by atoms with Crippen molar-refractivity contribution in [1.82, 2.24) is 10.6 Å². The highest BCUT2D eigenvalue weighted by Crippen LogP contribution is 2.44. The Kier molecular flexibility index (Phi) is 9.64. The number of amides is 2. The lowest BCUT2D eigenvalue weighted by molar-refractivity contribution is -0.139. The third kappa shape index (κ3) is 7.54. The van der Waals surface area contributed by atoms with Crippen molar-refractivity contribution in [1.29, 1.82) is 0 Å². The van der Waals surface area contributed by atoms with Crippen molar-refractivity contribution in [3.63, 3.8) is 0 Å². The van der Waals surface area contributed by atoms with Crippen molar-refractivity contribution >= 4 is 40.8 Å². The zero-order valence-electron chi connectivity index (χ0n) is 19.7. The van der Waals surface area contributed by atoms with Gasteiger partial charge in [0.15, 0.2) is 0 Å². The number of carbonyl (C=O) groups is 5. The lowest BCUT2D eigenvalue weighted by Gasteiger charge is -2.18. The molecule has 3 rings (SSSR count). The maximum absolute atomic E-state index is 12.5. The van der Waals surface area contributed by atoms with Gasteiger partial charge in [-0.1, -0.05) is 48.5 Å². The van der Waals surface area contributed by atoms with Crippen LogP contribution in [0.3, 0.4) is 0 Å². The van der Waals surface area contributed by atoms with E-state index in [1.165, 1.54) is 0 Å². The molecule has 0 aliphatic heterocycles. The number of nitrogens with two attached hydrogens (primary N) is 1. The summed E-state index contributed by atoms with van der Waals surface area (Å²) in [5.74, 6) is -4.40. The maximum atomic E-state index is 12.5. The lowest BCUT2D eigenvalue weighted by Crippen LogP contribution is -2.49. The largest absolute Gasteiger partial charge is 0.480 e. The predicted molar refractivity (Wildman–Crippen MR) is 135 cm³/mol. The van der Waals surface area contributed by atoms with E-state index in [0.29, 0.717) is 11.8 Å². The van der Waals surface area contributed by atoms with Crippen LogP contribution >= 0.6 is 11.8 Å². The number of hydrogen-bond donors (Lipinski definition) is 5. The Morgan fingerprint density at radius 3 is 2.14 bits per heavy atom. The molecule has 1 aliphatic rings. The van der Waals surface area contributed by atoms with Crippen LogP contribution < -0.4 is 16.4 Å². The molecule has 12 heteroatoms. The molecule has 0 heterocycles. The minimum Gasteiger partial charge on any atom is -0.480 e. The molecule has 0 aromatic heterocycles. The van der Waals surface area contributed by atoms with Gasteiger partial charge in [0.05, 0.1) is 0 Å². The zero-order valence-corrected chi connectivity index (χ0v) is 20.5. The van der Waals surface area contributed by atoms with E-state index < -0.39 is 47.7 Å². The number of carbonyl (C=O) groups excluding carboxylic acids is 3. The summed E-state index contributed by atoms with van der Waals surface area (Å²) in [7, 11) is 0. The molecule has 2 atom stereocenters. The van der Waals surface area contributed by atoms with E-state index in [2.05, 4.69) is 10.6 Å². The molecule has 6 N–H and O–H groups in total. The summed E-state index contributed by atoms with van der Waals surface area (Å²) >= 11 is 0.661. The van der Waals surface area contributed by atoms with Crippen LogP contribution in [0.25, 0.3) is 11.1 Å². The van der Waals surface area contributed by atoms with Crippen molar-refractivity contribution in [3.05, 3.63) is 59.7 Å². The molecule has 2 amide bonds. The average molecular weight is 530 g/mol. The highest BCUT2D eigenvalue weighted by Gasteiger charge is 2.30. The fraction of sp³-hybridized carbons (Fsp3) is 0.320. The summed E-state index contributed by atoms with van der Waals surface area (Å²) in [4.78, 5) is 58.8. The number of benzene rings is 2. The van der Waals surface area contributed by atoms with Gasteiger partial charge in [-0.2, -0.15) is 0 Å². The van der Waals surface area contributed by atoms with Crippen LogP contribution in [0.4, 0.5) is 4.79 Å². The van der Waals surface area contributed by atoms with Gasteiger partial charge in [0.2, 0.25) is 11.8 Å². The molecule has 0 saturated heterocycles. The molecule has 0 spiro atoms. The van der Waals surface area contributed by atoms with Crippen LogP contribution in [0.2, 0.25) is 0 Å². The van der Waals surface area contributed by atoms with Crippen LogP contribution in [0, 0.1) is 0 Å². The maximum Gasteiger partial charge on any atom is 0.367 e. The minimum absolute atomic E-state index is 0.0785. The molecule has 0 unspecified atom stereocenters. The molecule has 1 aliphatic carbocycles. The fourth-order valence-corrected chi connectivity index (χ4v) is 4.62. The van der Waals surface area contributed by atoms with Crippen molar-refractivity contribution < 1.29 is 38.9 Å². The minimum atomic E-state index is -1.28. The highest BCUT2D eigenvalue weighted by molar-refractivity contribution is 8.13. The van der Waals surface area contributed by atoms with E-state index in [9.17, 15) is 24.0 Å². The molecule has 0 radical (unpaired) electrons. The third-order valence-corrected chi connectivity index (χ3v) is 6.62. The summed E-state index contributed by atoms with van der Waals surface area (Å²) in [5, 5.41) is 21.5. The zero-order chi connectivity index (χ0) is 26.9. The Bertz CT molecular complexity index is 1140. The van der Waals surface area contributed by atoms with Gasteiger partial charge in [0.1, 0.15) is 25.2 Å². The third-order valence-electron chi connectivity index (χ3n) is 5.76. The number of nitrogens with one attached hydrogen (secondary N) is 2. The van der Waals surface area contributed by atoms with E-state index in [-0.39, 0.29) is 31.1 Å². The Morgan fingerprint density at radius 1 is 0.973 bits per heavy atom. The van der Waals surface area contributed by atoms with E-state index in [4.69, 9.17) is 20.7 Å². The smallest absolute Gasteiger partial charge is 0.367 e. The SMILES string of the molecule is N[C@@H](CCC(=O)N[C@@H](CSC(=O)OCC1c2ccccc2-c2ccccc21)C(=O)NCC(=O)O)C(=O)O. The summed E-state index contributed by atoms with van der Waals surface area (Å²) in [6, 6.07) is 13.2.